The summed E-state index contributed by atoms with van der Waals surface area (Å²) in [6, 6.07) is 3.36. The lowest BCUT2D eigenvalue weighted by Crippen LogP contribution is -2.26. The summed E-state index contributed by atoms with van der Waals surface area (Å²) < 4.78 is 4.95. The van der Waals surface area contributed by atoms with E-state index in [0.29, 0.717) is 12.3 Å². The zero-order valence-corrected chi connectivity index (χ0v) is 9.84. The van der Waals surface area contributed by atoms with E-state index in [0.717, 1.165) is 13.0 Å². The average Bonchev–Trinajstić information content (AvgIpc) is 2.64. The number of rotatable bonds is 5. The number of hydrogen-bond acceptors (Lipinski definition) is 3. The molecule has 1 rings (SSSR count). The maximum atomic E-state index is 11.3. The summed E-state index contributed by atoms with van der Waals surface area (Å²) in [7, 11) is 4.02. The second kappa shape index (κ2) is 7.31. The topological polar surface area (TPSA) is 45.5 Å². The standard InChI is InChI=1S/C10H16N2O2.ClH/c1-12(2)7-4-6-11-10(13)9-5-3-8-14-9;/h3,5,8H,4,6-7H2,1-2H3,(H,11,13);1H. The minimum atomic E-state index is -0.145. The van der Waals surface area contributed by atoms with E-state index in [2.05, 4.69) is 10.2 Å². The van der Waals surface area contributed by atoms with E-state index in [4.69, 9.17) is 4.42 Å². The van der Waals surface area contributed by atoms with Crippen molar-refractivity contribution in [3.8, 4) is 0 Å². The summed E-state index contributed by atoms with van der Waals surface area (Å²) in [5.41, 5.74) is 0. The second-order valence-corrected chi connectivity index (χ2v) is 3.39. The minimum Gasteiger partial charge on any atom is -0.459 e. The monoisotopic (exact) mass is 232 g/mol. The predicted molar refractivity (Wildman–Crippen MR) is 61.5 cm³/mol. The van der Waals surface area contributed by atoms with Gasteiger partial charge in [0.25, 0.3) is 5.91 Å². The molecule has 1 heterocycles. The van der Waals surface area contributed by atoms with Crippen LogP contribution in [0.2, 0.25) is 0 Å². The van der Waals surface area contributed by atoms with Gasteiger partial charge in [0.15, 0.2) is 5.76 Å². The SMILES string of the molecule is CN(C)CCCNC(=O)c1ccco1.Cl. The quantitative estimate of drug-likeness (QED) is 0.781. The molecule has 0 aliphatic carbocycles. The highest BCUT2D eigenvalue weighted by Crippen LogP contribution is 1.98. The first-order chi connectivity index (χ1) is 6.70. The Kier molecular flexibility index (Phi) is 6.83. The predicted octanol–water partition coefficient (Wildman–Crippen LogP) is 1.38. The van der Waals surface area contributed by atoms with E-state index in [1.807, 2.05) is 14.1 Å². The molecule has 1 aromatic heterocycles. The molecule has 15 heavy (non-hydrogen) atoms. The molecule has 1 aromatic rings. The first kappa shape index (κ1) is 14.0. The Morgan fingerprint density at radius 1 is 1.53 bits per heavy atom. The molecule has 0 spiro atoms. The lowest BCUT2D eigenvalue weighted by Gasteiger charge is -2.08. The number of hydrogen-bond donors (Lipinski definition) is 1. The van der Waals surface area contributed by atoms with Crippen LogP contribution in [0, 0.1) is 0 Å². The molecule has 0 aliphatic rings. The normalized spacial score (nSPS) is 9.80. The third kappa shape index (κ3) is 5.44. The number of carbonyl (C=O) groups excluding carboxylic acids is 1. The van der Waals surface area contributed by atoms with Crippen molar-refractivity contribution in [2.75, 3.05) is 27.2 Å². The van der Waals surface area contributed by atoms with Crippen LogP contribution in [0.4, 0.5) is 0 Å². The van der Waals surface area contributed by atoms with E-state index in [1.54, 1.807) is 12.1 Å². The van der Waals surface area contributed by atoms with Crippen molar-refractivity contribution in [1.82, 2.24) is 10.2 Å². The van der Waals surface area contributed by atoms with Gasteiger partial charge in [-0.15, -0.1) is 12.4 Å². The molecule has 0 aromatic carbocycles. The van der Waals surface area contributed by atoms with E-state index in [9.17, 15) is 4.79 Å². The van der Waals surface area contributed by atoms with Crippen molar-refractivity contribution in [2.24, 2.45) is 0 Å². The van der Waals surface area contributed by atoms with Crippen molar-refractivity contribution >= 4 is 18.3 Å². The Morgan fingerprint density at radius 3 is 2.80 bits per heavy atom. The number of furan rings is 1. The Labute approximate surface area is 96.0 Å². The van der Waals surface area contributed by atoms with Gasteiger partial charge < -0.3 is 14.6 Å². The van der Waals surface area contributed by atoms with Gasteiger partial charge in [0, 0.05) is 6.54 Å². The van der Waals surface area contributed by atoms with E-state index < -0.39 is 0 Å². The molecule has 0 unspecified atom stereocenters. The van der Waals surface area contributed by atoms with Gasteiger partial charge in [-0.25, -0.2) is 0 Å². The largest absolute Gasteiger partial charge is 0.459 e. The molecule has 86 valence electrons. The van der Waals surface area contributed by atoms with Crippen LogP contribution in [0.1, 0.15) is 17.0 Å². The number of carbonyl (C=O) groups is 1. The summed E-state index contributed by atoms with van der Waals surface area (Å²) in [6.45, 7) is 1.65. The van der Waals surface area contributed by atoms with E-state index in [-0.39, 0.29) is 18.3 Å². The molecular formula is C10H17ClN2O2. The maximum Gasteiger partial charge on any atom is 0.286 e. The molecule has 0 atom stereocenters. The van der Waals surface area contributed by atoms with Crippen LogP contribution in [0.15, 0.2) is 22.8 Å². The van der Waals surface area contributed by atoms with Crippen molar-refractivity contribution in [3.05, 3.63) is 24.2 Å². The van der Waals surface area contributed by atoms with Gasteiger partial charge in [0.05, 0.1) is 6.26 Å². The molecule has 5 heteroatoms. The van der Waals surface area contributed by atoms with Gasteiger partial charge in [-0.2, -0.15) is 0 Å². The summed E-state index contributed by atoms with van der Waals surface area (Å²) in [5.74, 6) is 0.226. The minimum absolute atomic E-state index is 0. The summed E-state index contributed by atoms with van der Waals surface area (Å²) in [6.07, 6.45) is 2.44. The van der Waals surface area contributed by atoms with Gasteiger partial charge in [-0.05, 0) is 39.2 Å². The summed E-state index contributed by atoms with van der Waals surface area (Å²) in [5, 5.41) is 2.78. The van der Waals surface area contributed by atoms with Crippen molar-refractivity contribution in [2.45, 2.75) is 6.42 Å². The van der Waals surface area contributed by atoms with Crippen LogP contribution in [0.5, 0.6) is 0 Å². The smallest absolute Gasteiger partial charge is 0.286 e. The fourth-order valence-corrected chi connectivity index (χ4v) is 1.09. The molecule has 0 fully saturated rings. The molecule has 0 saturated heterocycles. The summed E-state index contributed by atoms with van der Waals surface area (Å²) >= 11 is 0. The number of amides is 1. The third-order valence-electron chi connectivity index (χ3n) is 1.81. The number of nitrogens with one attached hydrogen (secondary N) is 1. The van der Waals surface area contributed by atoms with Crippen molar-refractivity contribution in [3.63, 3.8) is 0 Å². The van der Waals surface area contributed by atoms with E-state index >= 15 is 0 Å². The highest BCUT2D eigenvalue weighted by Gasteiger charge is 2.06. The molecule has 4 nitrogen and oxygen atoms in total. The highest BCUT2D eigenvalue weighted by molar-refractivity contribution is 5.91. The lowest BCUT2D eigenvalue weighted by atomic mass is 10.3. The van der Waals surface area contributed by atoms with Gasteiger partial charge >= 0.3 is 0 Å². The fraction of sp³-hybridized carbons (Fsp3) is 0.500. The highest BCUT2D eigenvalue weighted by atomic mass is 35.5. The number of nitrogens with zero attached hydrogens (tertiary/aromatic N) is 1. The van der Waals surface area contributed by atoms with Crippen LogP contribution in [0.25, 0.3) is 0 Å². The number of halogens is 1. The first-order valence-corrected chi connectivity index (χ1v) is 4.66. The van der Waals surface area contributed by atoms with Gasteiger partial charge in [0.2, 0.25) is 0 Å². The Hall–Kier alpha value is -1.00. The lowest BCUT2D eigenvalue weighted by molar-refractivity contribution is 0.0924. The van der Waals surface area contributed by atoms with Crippen molar-refractivity contribution in [1.29, 1.82) is 0 Å². The molecular weight excluding hydrogens is 216 g/mol. The molecule has 0 aliphatic heterocycles. The molecule has 0 bridgehead atoms. The first-order valence-electron chi connectivity index (χ1n) is 4.66. The Morgan fingerprint density at radius 2 is 2.27 bits per heavy atom. The van der Waals surface area contributed by atoms with Crippen molar-refractivity contribution < 1.29 is 9.21 Å². The maximum absolute atomic E-state index is 11.3. The third-order valence-corrected chi connectivity index (χ3v) is 1.81. The average molecular weight is 233 g/mol. The Bertz CT molecular complexity index is 273. The van der Waals surface area contributed by atoms with E-state index in [1.165, 1.54) is 6.26 Å². The van der Waals surface area contributed by atoms with Gasteiger partial charge in [0.1, 0.15) is 0 Å². The van der Waals surface area contributed by atoms with Crippen LogP contribution >= 0.6 is 12.4 Å². The zero-order valence-electron chi connectivity index (χ0n) is 9.03. The van der Waals surface area contributed by atoms with Crippen LogP contribution in [0.3, 0.4) is 0 Å². The molecule has 1 N–H and O–H groups in total. The summed E-state index contributed by atoms with van der Waals surface area (Å²) in [4.78, 5) is 13.4. The molecule has 0 radical (unpaired) electrons. The zero-order chi connectivity index (χ0) is 10.4. The second-order valence-electron chi connectivity index (χ2n) is 3.39. The van der Waals surface area contributed by atoms with Gasteiger partial charge in [-0.1, -0.05) is 0 Å². The van der Waals surface area contributed by atoms with Crippen LogP contribution < -0.4 is 5.32 Å². The van der Waals surface area contributed by atoms with Crippen LogP contribution in [-0.4, -0.2) is 38.0 Å². The van der Waals surface area contributed by atoms with Crippen LogP contribution in [-0.2, 0) is 0 Å². The Balaban J connectivity index is 0.00000196. The fourth-order valence-electron chi connectivity index (χ4n) is 1.09. The molecule has 0 saturated carbocycles. The molecule has 1 amide bonds. The van der Waals surface area contributed by atoms with Gasteiger partial charge in [-0.3, -0.25) is 4.79 Å².